The fourth-order valence-electron chi connectivity index (χ4n) is 3.70. The van der Waals surface area contributed by atoms with Crippen molar-refractivity contribution in [2.45, 2.75) is 25.2 Å². The van der Waals surface area contributed by atoms with Gasteiger partial charge in [0.1, 0.15) is 5.75 Å². The second kappa shape index (κ2) is 8.23. The van der Waals surface area contributed by atoms with E-state index in [1.54, 1.807) is 16.7 Å². The Labute approximate surface area is 186 Å². The lowest BCUT2D eigenvalue weighted by atomic mass is 10.0. The van der Waals surface area contributed by atoms with E-state index in [2.05, 4.69) is 20.9 Å². The van der Waals surface area contributed by atoms with Gasteiger partial charge in [-0.05, 0) is 40.8 Å². The fraction of sp³-hybridized carbons (Fsp3) is 0.238. The number of benzene rings is 2. The first kappa shape index (κ1) is 20.6. The highest BCUT2D eigenvalue weighted by Gasteiger charge is 2.46. The number of nitrogens with one attached hydrogen (secondary N) is 1. The average Bonchev–Trinajstić information content (AvgIpc) is 2.72. The second-order valence-corrected chi connectivity index (χ2v) is 8.82. The Kier molecular flexibility index (Phi) is 5.66. The molecule has 7 nitrogen and oxygen atoms in total. The molecule has 154 valence electrons. The summed E-state index contributed by atoms with van der Waals surface area (Å²) in [4.78, 5) is 30.5. The maximum atomic E-state index is 13.1. The number of halogens is 1. The number of nitrogens with zero attached hydrogens (tertiary/aromatic N) is 3. The molecule has 1 atom stereocenters. The third-order valence-corrected chi connectivity index (χ3v) is 6.09. The maximum Gasteiger partial charge on any atom is 0.325 e. The minimum Gasteiger partial charge on any atom is -0.496 e. The summed E-state index contributed by atoms with van der Waals surface area (Å²) in [5.74, 6) is 1.18. The molecule has 0 aliphatic carbocycles. The summed E-state index contributed by atoms with van der Waals surface area (Å²) >= 11 is 4.95. The van der Waals surface area contributed by atoms with Crippen LogP contribution in [-0.2, 0) is 4.79 Å². The van der Waals surface area contributed by atoms with Crippen LogP contribution in [-0.4, -0.2) is 28.9 Å². The topological polar surface area (TPSA) is 79.2 Å². The largest absolute Gasteiger partial charge is 0.496 e. The molecule has 30 heavy (non-hydrogen) atoms. The Morgan fingerprint density at radius 3 is 2.80 bits per heavy atom. The van der Waals surface area contributed by atoms with Crippen molar-refractivity contribution in [2.24, 2.45) is 0 Å². The molecule has 0 radical (unpaired) electrons. The number of methoxy groups -OCH3 is 1. The minimum absolute atomic E-state index is 0.167. The molecule has 9 heteroatoms. The zero-order chi connectivity index (χ0) is 21.4. The van der Waals surface area contributed by atoms with Crippen LogP contribution in [0.5, 0.6) is 5.75 Å². The Balaban J connectivity index is 2.11. The average molecular weight is 488 g/mol. The Hall–Kier alpha value is -2.65. The molecule has 0 fully saturated rings. The summed E-state index contributed by atoms with van der Waals surface area (Å²) in [5, 5.41) is 5.21. The lowest BCUT2D eigenvalue weighted by molar-refractivity contribution is -0.763. The molecule has 0 spiro atoms. The number of fused-ring (bicyclic) bond motifs is 3. The number of carbonyl (C=O) groups is 1. The van der Waals surface area contributed by atoms with Crippen LogP contribution in [0.3, 0.4) is 0 Å². The highest BCUT2D eigenvalue weighted by molar-refractivity contribution is 9.10. The summed E-state index contributed by atoms with van der Waals surface area (Å²) in [7, 11) is 1.58. The number of amides is 1. The van der Waals surface area contributed by atoms with Crippen molar-refractivity contribution in [3.05, 3.63) is 62.9 Å². The van der Waals surface area contributed by atoms with Gasteiger partial charge in [0.15, 0.2) is 0 Å². The number of thioether (sulfide) groups is 1. The number of rotatable bonds is 4. The van der Waals surface area contributed by atoms with Gasteiger partial charge in [-0.3, -0.25) is 14.6 Å². The van der Waals surface area contributed by atoms with Gasteiger partial charge in [0.05, 0.1) is 23.9 Å². The number of ether oxygens (including phenoxy) is 1. The molecule has 3 aromatic rings. The van der Waals surface area contributed by atoms with E-state index in [4.69, 9.17) is 9.84 Å². The van der Waals surface area contributed by atoms with E-state index in [9.17, 15) is 9.59 Å². The summed E-state index contributed by atoms with van der Waals surface area (Å²) < 4.78 is 8.06. The summed E-state index contributed by atoms with van der Waals surface area (Å²) in [6.07, 6.45) is -0.682. The molecule has 2 aromatic carbocycles. The van der Waals surface area contributed by atoms with Crippen molar-refractivity contribution in [3.8, 4) is 17.0 Å². The van der Waals surface area contributed by atoms with E-state index in [0.29, 0.717) is 33.4 Å². The first-order chi connectivity index (χ1) is 14.5. The number of aromatic nitrogens is 3. The fourth-order valence-corrected chi connectivity index (χ4v) is 4.67. The third-order valence-electron chi connectivity index (χ3n) is 4.85. The van der Waals surface area contributed by atoms with Crippen molar-refractivity contribution in [1.29, 1.82) is 0 Å². The first-order valence-electron chi connectivity index (χ1n) is 9.37. The number of aromatic amines is 1. The molecule has 1 amide bonds. The zero-order valence-electron chi connectivity index (χ0n) is 16.7. The number of carbonyl (C=O) groups excluding carboxylic acids is 1. The second-order valence-electron chi connectivity index (χ2n) is 6.65. The SMILES string of the molecule is CCSc1n[n+]2c(c(=O)[nH]1)-c1ccccc1N(C(C)=O)[C@@H]2c1cc(Br)ccc1OC. The van der Waals surface area contributed by atoms with Crippen molar-refractivity contribution in [3.63, 3.8) is 0 Å². The lowest BCUT2D eigenvalue weighted by Crippen LogP contribution is -2.60. The number of H-pyrrole nitrogens is 1. The molecular weight excluding hydrogens is 468 g/mol. The number of para-hydroxylation sites is 1. The number of anilines is 1. The van der Waals surface area contributed by atoms with Gasteiger partial charge >= 0.3 is 11.3 Å². The van der Waals surface area contributed by atoms with E-state index >= 15 is 0 Å². The number of hydrogen-bond donors (Lipinski definition) is 1. The third kappa shape index (κ3) is 3.41. The van der Waals surface area contributed by atoms with Crippen LogP contribution in [0, 0.1) is 0 Å². The van der Waals surface area contributed by atoms with Crippen LogP contribution in [0.1, 0.15) is 25.6 Å². The maximum absolute atomic E-state index is 13.1. The molecule has 0 bridgehead atoms. The van der Waals surface area contributed by atoms with Crippen LogP contribution >= 0.6 is 27.7 Å². The highest BCUT2D eigenvalue weighted by atomic mass is 79.9. The Morgan fingerprint density at radius 1 is 1.33 bits per heavy atom. The van der Waals surface area contributed by atoms with Crippen LogP contribution in [0.4, 0.5) is 5.69 Å². The molecule has 1 aromatic heterocycles. The molecule has 4 rings (SSSR count). The summed E-state index contributed by atoms with van der Waals surface area (Å²) in [6, 6.07) is 12.9. The minimum atomic E-state index is -0.682. The van der Waals surface area contributed by atoms with Gasteiger partial charge in [-0.2, -0.15) is 0 Å². The van der Waals surface area contributed by atoms with Gasteiger partial charge in [0.25, 0.3) is 6.17 Å². The van der Waals surface area contributed by atoms with Gasteiger partial charge in [-0.1, -0.05) is 46.7 Å². The highest BCUT2D eigenvalue weighted by Crippen LogP contribution is 2.40. The quantitative estimate of drug-likeness (QED) is 0.449. The van der Waals surface area contributed by atoms with Crippen LogP contribution in [0.15, 0.2) is 56.9 Å². The molecule has 0 saturated heterocycles. The van der Waals surface area contributed by atoms with E-state index in [-0.39, 0.29) is 11.5 Å². The van der Waals surface area contributed by atoms with Crippen molar-refractivity contribution < 1.29 is 14.2 Å². The molecule has 0 saturated carbocycles. The molecule has 2 heterocycles. The molecule has 0 unspecified atom stereocenters. The molecule has 1 aliphatic rings. The Bertz CT molecular complexity index is 1200. The van der Waals surface area contributed by atoms with E-state index in [1.807, 2.05) is 49.4 Å². The van der Waals surface area contributed by atoms with Crippen LogP contribution in [0.25, 0.3) is 11.3 Å². The van der Waals surface area contributed by atoms with E-state index in [0.717, 1.165) is 10.2 Å². The standard InChI is InChI=1S/C21H19BrN4O3S/c1-4-30-21-23-19(28)18-14-7-5-6-8-16(14)25(12(2)27)20(26(18)24-21)15-11-13(22)9-10-17(15)29-3/h5-11,20H,4H2,1-3H3/p+1/t20-/m0/s1. The van der Waals surface area contributed by atoms with Crippen molar-refractivity contribution in [2.75, 3.05) is 17.8 Å². The molecule has 1 N–H and O–H groups in total. The lowest BCUT2D eigenvalue weighted by Gasteiger charge is -2.31. The molecular formula is C21H20BrN4O3S+. The van der Waals surface area contributed by atoms with Crippen LogP contribution in [0.2, 0.25) is 0 Å². The van der Waals surface area contributed by atoms with Gasteiger partial charge in [-0.15, -0.1) is 0 Å². The van der Waals surface area contributed by atoms with Crippen molar-refractivity contribution in [1.82, 2.24) is 10.1 Å². The van der Waals surface area contributed by atoms with E-state index in [1.165, 1.54) is 18.7 Å². The normalized spacial score (nSPS) is 14.8. The molecule has 1 aliphatic heterocycles. The van der Waals surface area contributed by atoms with Gasteiger partial charge < -0.3 is 4.74 Å². The summed E-state index contributed by atoms with van der Waals surface area (Å²) in [6.45, 7) is 3.50. The van der Waals surface area contributed by atoms with Gasteiger partial charge in [-0.25, -0.2) is 4.90 Å². The van der Waals surface area contributed by atoms with Crippen LogP contribution < -0.4 is 19.9 Å². The zero-order valence-corrected chi connectivity index (χ0v) is 19.1. The van der Waals surface area contributed by atoms with Crippen molar-refractivity contribution >= 4 is 39.3 Å². The number of hydrogen-bond acceptors (Lipinski definition) is 5. The van der Waals surface area contributed by atoms with E-state index < -0.39 is 6.17 Å². The predicted octanol–water partition coefficient (Wildman–Crippen LogP) is 3.52. The monoisotopic (exact) mass is 487 g/mol. The first-order valence-corrected chi connectivity index (χ1v) is 11.2. The Morgan fingerprint density at radius 2 is 2.10 bits per heavy atom. The summed E-state index contributed by atoms with van der Waals surface area (Å²) in [5.41, 5.74) is 2.17. The predicted molar refractivity (Wildman–Crippen MR) is 119 cm³/mol. The van der Waals surface area contributed by atoms with Gasteiger partial charge in [0, 0.05) is 16.5 Å². The smallest absolute Gasteiger partial charge is 0.325 e. The van der Waals surface area contributed by atoms with Gasteiger partial charge in [0.2, 0.25) is 11.1 Å².